The van der Waals surface area contributed by atoms with E-state index in [1.807, 2.05) is 0 Å². The molecule has 0 saturated heterocycles. The number of aliphatic hydroxyl groups is 2. The normalized spacial score (nSPS) is 12.6. The summed E-state index contributed by atoms with van der Waals surface area (Å²) in [6, 6.07) is -0.537. The van der Waals surface area contributed by atoms with Crippen molar-refractivity contribution < 1.29 is 24.5 Å². The molecule has 444 valence electrons. The number of hydrogen-bond donors (Lipinski definition) is 3. The number of aliphatic hydroxyl groups excluding tert-OH is 2. The summed E-state index contributed by atoms with van der Waals surface area (Å²) in [5.74, 6) is -0.0159. The van der Waals surface area contributed by atoms with Gasteiger partial charge in [0.1, 0.15) is 0 Å². The number of rotatable bonds is 64. The minimum atomic E-state index is -0.660. The van der Waals surface area contributed by atoms with Crippen LogP contribution in [0.1, 0.15) is 380 Å². The van der Waals surface area contributed by atoms with Crippen molar-refractivity contribution in [2.24, 2.45) is 0 Å². The molecule has 0 saturated carbocycles. The number of unbranched alkanes of at least 4 members (excludes halogenated alkanes) is 49. The Morgan fingerprint density at radius 2 is 0.667 bits per heavy atom. The van der Waals surface area contributed by atoms with Crippen LogP contribution in [-0.2, 0) is 14.3 Å². The molecular weight excluding hydrogens is 923 g/mol. The molecule has 0 rings (SSSR count). The van der Waals surface area contributed by atoms with Crippen molar-refractivity contribution in [3.05, 3.63) is 24.3 Å². The quantitative estimate of drug-likeness (QED) is 0.0320. The second kappa shape index (κ2) is 64.9. The molecule has 1 amide bonds. The minimum Gasteiger partial charge on any atom is -0.466 e. The molecule has 0 bridgehead atoms. The molecule has 6 heteroatoms. The number of nitrogens with one attached hydrogen (secondary N) is 1. The van der Waals surface area contributed by atoms with Crippen LogP contribution in [0.5, 0.6) is 0 Å². The van der Waals surface area contributed by atoms with Crippen molar-refractivity contribution in [1.29, 1.82) is 0 Å². The highest BCUT2D eigenvalue weighted by molar-refractivity contribution is 5.76. The zero-order chi connectivity index (χ0) is 54.3. The lowest BCUT2D eigenvalue weighted by atomic mass is 10.0. The number of amides is 1. The third kappa shape index (κ3) is 61.4. The Bertz CT molecular complexity index is 1170. The van der Waals surface area contributed by atoms with Crippen LogP contribution >= 0.6 is 0 Å². The second-order valence-electron chi connectivity index (χ2n) is 23.5. The molecule has 2 atom stereocenters. The van der Waals surface area contributed by atoms with Gasteiger partial charge in [-0.3, -0.25) is 9.59 Å². The molecule has 0 aliphatic carbocycles. The Balaban J connectivity index is 3.34. The molecule has 0 heterocycles. The van der Waals surface area contributed by atoms with Gasteiger partial charge in [-0.2, -0.15) is 0 Å². The van der Waals surface area contributed by atoms with Crippen molar-refractivity contribution in [3.8, 4) is 0 Å². The molecule has 0 aromatic carbocycles. The molecule has 3 N–H and O–H groups in total. The fraction of sp³-hybridized carbons (Fsp3) is 0.913. The van der Waals surface area contributed by atoms with Crippen molar-refractivity contribution >= 4 is 11.9 Å². The Kier molecular flexibility index (Phi) is 63.4. The average molecular weight is 1060 g/mol. The van der Waals surface area contributed by atoms with E-state index < -0.39 is 12.1 Å². The Labute approximate surface area is 469 Å². The van der Waals surface area contributed by atoms with Gasteiger partial charge in [0.05, 0.1) is 25.4 Å². The van der Waals surface area contributed by atoms with Gasteiger partial charge in [0.2, 0.25) is 5.91 Å². The molecule has 0 aromatic heterocycles. The summed E-state index contributed by atoms with van der Waals surface area (Å²) in [7, 11) is 0. The van der Waals surface area contributed by atoms with Crippen molar-refractivity contribution in [2.75, 3.05) is 13.2 Å². The van der Waals surface area contributed by atoms with E-state index in [0.717, 1.165) is 44.9 Å². The van der Waals surface area contributed by atoms with Crippen LogP contribution in [0.4, 0.5) is 0 Å². The maximum absolute atomic E-state index is 12.4. The molecule has 75 heavy (non-hydrogen) atoms. The SMILES string of the molecule is CCCCCCCCCCCCCCCCCCC(=O)OCCCCCCCCCCC/C=C\C/C=C\CCCCCCCCCCCCCCCCCCCC(=O)NC(CO)C(O)CCCCCCCCCCC. The number of ether oxygens (including phenoxy) is 1. The van der Waals surface area contributed by atoms with Crippen LogP contribution < -0.4 is 5.32 Å². The first-order valence-corrected chi connectivity index (χ1v) is 34.1. The predicted molar refractivity (Wildman–Crippen MR) is 329 cm³/mol. The number of hydrogen-bond acceptors (Lipinski definition) is 5. The molecule has 0 fully saturated rings. The lowest BCUT2D eigenvalue weighted by molar-refractivity contribution is -0.143. The molecule has 0 radical (unpaired) electrons. The van der Waals surface area contributed by atoms with Gasteiger partial charge in [-0.05, 0) is 57.8 Å². The van der Waals surface area contributed by atoms with Crippen molar-refractivity contribution in [1.82, 2.24) is 5.32 Å². The standard InChI is InChI=1S/C69H133NO5/c1-3-5-7-9-11-13-14-15-16-37-40-43-47-51-55-59-63-69(74)75-64-60-56-52-48-44-41-38-35-33-31-29-27-25-23-21-19-17-18-20-22-24-26-28-30-32-34-36-39-42-46-50-54-58-62-68(73)70-66(65-71)67(72)61-57-53-49-45-12-10-8-6-4-2/h21,23,27,29,66-67,71-72H,3-20,22,24-26,28,30-65H2,1-2H3,(H,70,73)/b23-21-,29-27-. The maximum atomic E-state index is 12.4. The summed E-state index contributed by atoms with van der Waals surface area (Å²) in [6.07, 6.45) is 81.0. The van der Waals surface area contributed by atoms with Gasteiger partial charge < -0.3 is 20.3 Å². The van der Waals surface area contributed by atoms with Gasteiger partial charge in [-0.25, -0.2) is 0 Å². The van der Waals surface area contributed by atoms with Crippen LogP contribution in [0.25, 0.3) is 0 Å². The Morgan fingerprint density at radius 1 is 0.373 bits per heavy atom. The van der Waals surface area contributed by atoms with Gasteiger partial charge in [-0.15, -0.1) is 0 Å². The van der Waals surface area contributed by atoms with E-state index >= 15 is 0 Å². The molecule has 0 aromatic rings. The van der Waals surface area contributed by atoms with E-state index in [1.54, 1.807) is 0 Å². The highest BCUT2D eigenvalue weighted by atomic mass is 16.5. The number of esters is 1. The average Bonchev–Trinajstić information content (AvgIpc) is 3.41. The van der Waals surface area contributed by atoms with Crippen LogP contribution in [-0.4, -0.2) is 47.4 Å². The fourth-order valence-electron chi connectivity index (χ4n) is 10.8. The predicted octanol–water partition coefficient (Wildman–Crippen LogP) is 21.8. The highest BCUT2D eigenvalue weighted by Gasteiger charge is 2.20. The lowest BCUT2D eigenvalue weighted by Crippen LogP contribution is -2.45. The fourth-order valence-corrected chi connectivity index (χ4v) is 10.8. The summed E-state index contributed by atoms with van der Waals surface area (Å²) >= 11 is 0. The van der Waals surface area contributed by atoms with E-state index in [4.69, 9.17) is 4.74 Å². The summed E-state index contributed by atoms with van der Waals surface area (Å²) < 4.78 is 5.50. The molecule has 0 aliphatic rings. The van der Waals surface area contributed by atoms with E-state index in [-0.39, 0.29) is 18.5 Å². The van der Waals surface area contributed by atoms with Crippen molar-refractivity contribution in [2.45, 2.75) is 392 Å². The third-order valence-corrected chi connectivity index (χ3v) is 16.0. The van der Waals surface area contributed by atoms with Gasteiger partial charge in [-0.1, -0.05) is 334 Å². The maximum Gasteiger partial charge on any atom is 0.305 e. The van der Waals surface area contributed by atoms with Crippen molar-refractivity contribution in [3.63, 3.8) is 0 Å². The van der Waals surface area contributed by atoms with Gasteiger partial charge in [0.25, 0.3) is 0 Å². The van der Waals surface area contributed by atoms with Crippen LogP contribution in [0.2, 0.25) is 0 Å². The van der Waals surface area contributed by atoms with Crippen LogP contribution in [0.3, 0.4) is 0 Å². The molecule has 0 aliphatic heterocycles. The summed E-state index contributed by atoms with van der Waals surface area (Å²) in [4.78, 5) is 24.5. The summed E-state index contributed by atoms with van der Waals surface area (Å²) in [6.45, 7) is 4.96. The Hall–Kier alpha value is -1.66. The number of carbonyl (C=O) groups is 2. The first-order chi connectivity index (χ1) is 37.0. The molecule has 2 unspecified atom stereocenters. The third-order valence-electron chi connectivity index (χ3n) is 16.0. The monoisotopic (exact) mass is 1060 g/mol. The summed E-state index contributed by atoms with van der Waals surface area (Å²) in [5, 5.41) is 23.1. The van der Waals surface area contributed by atoms with Gasteiger partial charge in [0.15, 0.2) is 0 Å². The van der Waals surface area contributed by atoms with Gasteiger partial charge in [0, 0.05) is 12.8 Å². The van der Waals surface area contributed by atoms with Crippen LogP contribution in [0.15, 0.2) is 24.3 Å². The number of carbonyl (C=O) groups excluding carboxylic acids is 2. The zero-order valence-corrected chi connectivity index (χ0v) is 50.8. The largest absolute Gasteiger partial charge is 0.466 e. The molecule has 0 spiro atoms. The van der Waals surface area contributed by atoms with E-state index in [2.05, 4.69) is 43.5 Å². The topological polar surface area (TPSA) is 95.9 Å². The molecular formula is C69H133NO5. The second-order valence-corrected chi connectivity index (χ2v) is 23.5. The highest BCUT2D eigenvalue weighted by Crippen LogP contribution is 2.18. The zero-order valence-electron chi connectivity index (χ0n) is 50.8. The summed E-state index contributed by atoms with van der Waals surface area (Å²) in [5.41, 5.74) is 0. The number of allylic oxidation sites excluding steroid dienone is 4. The van der Waals surface area contributed by atoms with E-state index in [9.17, 15) is 19.8 Å². The minimum absolute atomic E-state index is 0.0181. The Morgan fingerprint density at radius 3 is 1.01 bits per heavy atom. The first kappa shape index (κ1) is 73.3. The molecule has 6 nitrogen and oxygen atoms in total. The lowest BCUT2D eigenvalue weighted by Gasteiger charge is -2.22. The smallest absolute Gasteiger partial charge is 0.305 e. The van der Waals surface area contributed by atoms with E-state index in [0.29, 0.717) is 25.9 Å². The van der Waals surface area contributed by atoms with Gasteiger partial charge >= 0.3 is 5.97 Å². The van der Waals surface area contributed by atoms with Crippen LogP contribution in [0, 0.1) is 0 Å². The first-order valence-electron chi connectivity index (χ1n) is 34.1. The van der Waals surface area contributed by atoms with E-state index in [1.165, 1.54) is 302 Å².